The fourth-order valence-electron chi connectivity index (χ4n) is 4.68. The van der Waals surface area contributed by atoms with Gasteiger partial charge in [-0.15, -0.1) is 11.3 Å². The molecule has 9 heteroatoms. The first-order chi connectivity index (χ1) is 18.1. The summed E-state index contributed by atoms with van der Waals surface area (Å²) in [6.07, 6.45) is 1.41. The Labute approximate surface area is 220 Å². The largest absolute Gasteiger partial charge is 0.491 e. The number of hydrogen-bond acceptors (Lipinski definition) is 7. The number of para-hydroxylation sites is 1. The van der Waals surface area contributed by atoms with E-state index in [-0.39, 0.29) is 31.2 Å². The van der Waals surface area contributed by atoms with E-state index in [1.54, 1.807) is 41.5 Å². The van der Waals surface area contributed by atoms with Crippen LogP contribution in [0.15, 0.2) is 60.0 Å². The number of nitrogens with zero attached hydrogens (tertiary/aromatic N) is 2. The lowest BCUT2D eigenvalue weighted by atomic mass is 10.0. The highest BCUT2D eigenvalue weighted by atomic mass is 32.1. The zero-order chi connectivity index (χ0) is 25.6. The predicted molar refractivity (Wildman–Crippen MR) is 139 cm³/mol. The van der Waals surface area contributed by atoms with Gasteiger partial charge in [0.05, 0.1) is 6.04 Å². The van der Waals surface area contributed by atoms with Crippen LogP contribution < -0.4 is 14.2 Å². The molecule has 0 spiro atoms. The van der Waals surface area contributed by atoms with Crippen molar-refractivity contribution in [1.82, 2.24) is 9.80 Å². The summed E-state index contributed by atoms with van der Waals surface area (Å²) >= 11 is 1.71. The molecule has 0 saturated heterocycles. The van der Waals surface area contributed by atoms with Crippen molar-refractivity contribution in [2.75, 3.05) is 46.8 Å². The van der Waals surface area contributed by atoms with Crippen LogP contribution in [0.4, 0.5) is 0 Å². The van der Waals surface area contributed by atoms with E-state index < -0.39 is 0 Å². The van der Waals surface area contributed by atoms with Crippen LogP contribution in [0, 0.1) is 0 Å². The van der Waals surface area contributed by atoms with Crippen LogP contribution in [0.5, 0.6) is 17.2 Å². The molecule has 194 valence electrons. The molecule has 0 bridgehead atoms. The fourth-order valence-corrected chi connectivity index (χ4v) is 5.61. The summed E-state index contributed by atoms with van der Waals surface area (Å²) in [6.45, 7) is 1.93. The number of rotatable bonds is 10. The minimum absolute atomic E-state index is 0.0295. The van der Waals surface area contributed by atoms with Crippen LogP contribution in [0.2, 0.25) is 0 Å². The molecule has 1 atom stereocenters. The van der Waals surface area contributed by atoms with Crippen molar-refractivity contribution >= 4 is 23.2 Å². The molecule has 3 heterocycles. The van der Waals surface area contributed by atoms with Gasteiger partial charge in [-0.05, 0) is 60.2 Å². The van der Waals surface area contributed by atoms with Crippen molar-refractivity contribution in [3.63, 3.8) is 0 Å². The number of methoxy groups -OCH3 is 1. The van der Waals surface area contributed by atoms with Crippen LogP contribution >= 0.6 is 11.3 Å². The number of benzene rings is 2. The summed E-state index contributed by atoms with van der Waals surface area (Å²) in [5, 5.41) is 2.06. The summed E-state index contributed by atoms with van der Waals surface area (Å²) in [5.41, 5.74) is 1.57. The quantitative estimate of drug-likeness (QED) is 0.372. The summed E-state index contributed by atoms with van der Waals surface area (Å²) < 4.78 is 22.1. The lowest BCUT2D eigenvalue weighted by Gasteiger charge is -2.37. The van der Waals surface area contributed by atoms with Crippen LogP contribution in [0.3, 0.4) is 0 Å². The normalized spacial score (nSPS) is 15.8. The molecule has 0 N–H and O–H groups in total. The van der Waals surface area contributed by atoms with E-state index >= 15 is 0 Å². The Balaban J connectivity index is 1.33. The van der Waals surface area contributed by atoms with Crippen molar-refractivity contribution in [2.45, 2.75) is 18.9 Å². The van der Waals surface area contributed by atoms with Gasteiger partial charge in [-0.25, -0.2) is 0 Å². The molecule has 8 nitrogen and oxygen atoms in total. The molecular formula is C28H30N2O6S. The van der Waals surface area contributed by atoms with Gasteiger partial charge in [0, 0.05) is 37.2 Å². The number of hydrogen-bond donors (Lipinski definition) is 0. The highest BCUT2D eigenvalue weighted by molar-refractivity contribution is 7.10. The third kappa shape index (κ3) is 5.73. The van der Waals surface area contributed by atoms with E-state index in [9.17, 15) is 9.59 Å². The van der Waals surface area contributed by atoms with E-state index in [1.807, 2.05) is 35.2 Å². The lowest BCUT2D eigenvalue weighted by molar-refractivity contribution is -0.135. The number of thiophene rings is 1. The summed E-state index contributed by atoms with van der Waals surface area (Å²) in [7, 11) is 1.62. The molecule has 0 aliphatic carbocycles. The number of carbonyl (C=O) groups excluding carboxylic acids is 2. The van der Waals surface area contributed by atoms with Crippen LogP contribution in [0.25, 0.3) is 0 Å². The van der Waals surface area contributed by atoms with Gasteiger partial charge in [-0.2, -0.15) is 0 Å². The van der Waals surface area contributed by atoms with E-state index in [4.69, 9.17) is 18.9 Å². The maximum Gasteiger partial charge on any atom is 0.254 e. The van der Waals surface area contributed by atoms with E-state index in [0.29, 0.717) is 49.8 Å². The van der Waals surface area contributed by atoms with Gasteiger partial charge in [-0.1, -0.05) is 18.2 Å². The molecule has 0 radical (unpaired) electrons. The van der Waals surface area contributed by atoms with E-state index in [0.717, 1.165) is 17.7 Å². The Morgan fingerprint density at radius 3 is 2.78 bits per heavy atom. The Hall–Kier alpha value is -3.56. The highest BCUT2D eigenvalue weighted by Gasteiger charge is 2.34. The lowest BCUT2D eigenvalue weighted by Crippen LogP contribution is -2.48. The Kier molecular flexibility index (Phi) is 7.91. The molecular weight excluding hydrogens is 492 g/mol. The van der Waals surface area contributed by atoms with Crippen LogP contribution in [-0.4, -0.2) is 68.4 Å². The van der Waals surface area contributed by atoms with Gasteiger partial charge in [0.15, 0.2) is 11.5 Å². The summed E-state index contributed by atoms with van der Waals surface area (Å²) in [4.78, 5) is 31.9. The number of carbonyl (C=O) groups is 2. The first kappa shape index (κ1) is 25.1. The molecule has 2 aliphatic heterocycles. The Bertz CT molecular complexity index is 1230. The Morgan fingerprint density at radius 1 is 1.11 bits per heavy atom. The Morgan fingerprint density at radius 2 is 1.95 bits per heavy atom. The second-order valence-corrected chi connectivity index (χ2v) is 9.92. The second-order valence-electron chi connectivity index (χ2n) is 8.92. The minimum Gasteiger partial charge on any atom is -0.491 e. The van der Waals surface area contributed by atoms with Crippen molar-refractivity contribution in [2.24, 2.45) is 0 Å². The molecule has 0 fully saturated rings. The SMILES string of the molecule is COCCCN(CC(=O)N1CCc2sccc2[C@@H]1COc1ccccc1)C(=O)c1ccc2c(c1)OCO2. The maximum absolute atomic E-state index is 13.7. The van der Waals surface area contributed by atoms with Gasteiger partial charge in [0.25, 0.3) is 5.91 Å². The predicted octanol–water partition coefficient (Wildman–Crippen LogP) is 4.16. The zero-order valence-corrected chi connectivity index (χ0v) is 21.6. The number of fused-ring (bicyclic) bond motifs is 2. The van der Waals surface area contributed by atoms with E-state index in [1.165, 1.54) is 4.88 Å². The van der Waals surface area contributed by atoms with Crippen molar-refractivity contribution in [3.8, 4) is 17.2 Å². The molecule has 0 unspecified atom stereocenters. The standard InChI is InChI=1S/C28H30N2O6S/c1-33-14-5-12-29(28(32)20-8-9-24-25(16-20)36-19-35-24)17-27(31)30-13-10-26-22(11-15-37-26)23(30)18-34-21-6-3-2-4-7-21/h2-4,6-9,11,15-16,23H,5,10,12-14,17-19H2,1H3/t23-/m0/s1. The molecule has 37 heavy (non-hydrogen) atoms. The van der Waals surface area contributed by atoms with Gasteiger partial charge in [-0.3, -0.25) is 9.59 Å². The van der Waals surface area contributed by atoms with E-state index in [2.05, 4.69) is 11.4 Å². The third-order valence-corrected chi connectivity index (χ3v) is 7.57. The van der Waals surface area contributed by atoms with Gasteiger partial charge in [0.2, 0.25) is 12.7 Å². The topological polar surface area (TPSA) is 77.5 Å². The fraction of sp³-hybridized carbons (Fsp3) is 0.357. The van der Waals surface area contributed by atoms with Crippen molar-refractivity contribution in [3.05, 3.63) is 76.0 Å². The molecule has 2 amide bonds. The monoisotopic (exact) mass is 522 g/mol. The molecule has 2 aromatic carbocycles. The maximum atomic E-state index is 13.7. The summed E-state index contributed by atoms with van der Waals surface area (Å²) in [6, 6.07) is 16.6. The summed E-state index contributed by atoms with van der Waals surface area (Å²) in [5.74, 6) is 1.57. The van der Waals surface area contributed by atoms with Crippen molar-refractivity contribution in [1.29, 1.82) is 0 Å². The van der Waals surface area contributed by atoms with Crippen LogP contribution in [0.1, 0.15) is 33.3 Å². The molecule has 3 aromatic rings. The van der Waals surface area contributed by atoms with Crippen LogP contribution in [-0.2, 0) is 16.0 Å². The zero-order valence-electron chi connectivity index (χ0n) is 20.8. The van der Waals surface area contributed by atoms with Crippen molar-refractivity contribution < 1.29 is 28.5 Å². The molecule has 5 rings (SSSR count). The number of amides is 2. The first-order valence-electron chi connectivity index (χ1n) is 12.4. The minimum atomic E-state index is -0.229. The average Bonchev–Trinajstić information content (AvgIpc) is 3.60. The average molecular weight is 523 g/mol. The first-order valence-corrected chi connectivity index (χ1v) is 13.2. The smallest absolute Gasteiger partial charge is 0.254 e. The molecule has 0 saturated carbocycles. The van der Waals surface area contributed by atoms with Gasteiger partial charge in [0.1, 0.15) is 18.9 Å². The second kappa shape index (κ2) is 11.7. The number of ether oxygens (including phenoxy) is 4. The molecule has 1 aromatic heterocycles. The third-order valence-electron chi connectivity index (χ3n) is 6.58. The highest BCUT2D eigenvalue weighted by Crippen LogP contribution is 2.35. The molecule has 2 aliphatic rings. The van der Waals surface area contributed by atoms with Gasteiger partial charge >= 0.3 is 0 Å². The van der Waals surface area contributed by atoms with Gasteiger partial charge < -0.3 is 28.7 Å².